The van der Waals surface area contributed by atoms with E-state index in [2.05, 4.69) is 5.32 Å². The minimum atomic E-state index is -0.542. The number of anilines is 2. The third-order valence-corrected chi connectivity index (χ3v) is 2.84. The van der Waals surface area contributed by atoms with Crippen LogP contribution < -0.4 is 15.8 Å². The number of amides is 1. The van der Waals surface area contributed by atoms with Crippen LogP contribution in [0.4, 0.5) is 15.8 Å². The van der Waals surface area contributed by atoms with Gasteiger partial charge in [-0.15, -0.1) is 0 Å². The molecule has 2 aromatic rings. The predicted molar refractivity (Wildman–Crippen MR) is 76.5 cm³/mol. The quantitative estimate of drug-likeness (QED) is 0.846. The lowest BCUT2D eigenvalue weighted by Crippen LogP contribution is -2.14. The summed E-state index contributed by atoms with van der Waals surface area (Å²) in [7, 11) is 1.47. The van der Waals surface area contributed by atoms with Crippen molar-refractivity contribution in [1.29, 1.82) is 0 Å². The predicted octanol–water partition coefficient (Wildman–Crippen LogP) is 2.98. The van der Waals surface area contributed by atoms with E-state index in [1.54, 1.807) is 12.1 Å². The molecule has 0 atom stereocenters. The van der Waals surface area contributed by atoms with E-state index in [9.17, 15) is 9.18 Å². The minimum absolute atomic E-state index is 0.0403. The van der Waals surface area contributed by atoms with E-state index in [4.69, 9.17) is 10.5 Å². The van der Waals surface area contributed by atoms with Crippen molar-refractivity contribution < 1.29 is 13.9 Å². The molecule has 0 unspecified atom stereocenters. The summed E-state index contributed by atoms with van der Waals surface area (Å²) in [6.07, 6.45) is 0. The molecule has 0 aliphatic rings. The number of methoxy groups -OCH3 is 1. The summed E-state index contributed by atoms with van der Waals surface area (Å²) in [5.41, 5.74) is 7.24. The summed E-state index contributed by atoms with van der Waals surface area (Å²) >= 11 is 0. The summed E-state index contributed by atoms with van der Waals surface area (Å²) in [5, 5.41) is 2.50. The van der Waals surface area contributed by atoms with Crippen molar-refractivity contribution in [3.63, 3.8) is 0 Å². The summed E-state index contributed by atoms with van der Waals surface area (Å²) in [4.78, 5) is 12.2. The molecule has 2 rings (SSSR count). The van der Waals surface area contributed by atoms with Crippen LogP contribution in [0.2, 0.25) is 0 Å². The minimum Gasteiger partial charge on any atom is -0.496 e. The molecule has 0 bridgehead atoms. The van der Waals surface area contributed by atoms with Crippen LogP contribution in [-0.2, 0) is 0 Å². The van der Waals surface area contributed by atoms with Gasteiger partial charge in [-0.05, 0) is 37.3 Å². The second-order valence-corrected chi connectivity index (χ2v) is 4.40. The van der Waals surface area contributed by atoms with E-state index in [0.29, 0.717) is 17.0 Å². The average molecular weight is 274 g/mol. The van der Waals surface area contributed by atoms with E-state index in [0.717, 1.165) is 5.56 Å². The number of aryl methyl sites for hydroxylation is 1. The van der Waals surface area contributed by atoms with Crippen LogP contribution >= 0.6 is 0 Å². The topological polar surface area (TPSA) is 64.3 Å². The number of benzene rings is 2. The first-order chi connectivity index (χ1) is 9.51. The van der Waals surface area contributed by atoms with Gasteiger partial charge in [0.25, 0.3) is 5.91 Å². The highest BCUT2D eigenvalue weighted by molar-refractivity contribution is 6.06. The fraction of sp³-hybridized carbons (Fsp3) is 0.133. The number of hydrogen-bond donors (Lipinski definition) is 2. The van der Waals surface area contributed by atoms with Gasteiger partial charge in [-0.2, -0.15) is 0 Å². The number of rotatable bonds is 3. The Morgan fingerprint density at radius 3 is 2.70 bits per heavy atom. The fourth-order valence-electron chi connectivity index (χ4n) is 1.83. The molecule has 2 aromatic carbocycles. The lowest BCUT2D eigenvalue weighted by molar-refractivity contribution is 0.102. The van der Waals surface area contributed by atoms with E-state index in [1.165, 1.54) is 25.3 Å². The molecule has 0 saturated heterocycles. The maximum atomic E-state index is 13.6. The van der Waals surface area contributed by atoms with E-state index < -0.39 is 11.7 Å². The molecule has 3 N–H and O–H groups in total. The van der Waals surface area contributed by atoms with Crippen molar-refractivity contribution in [1.82, 2.24) is 0 Å². The van der Waals surface area contributed by atoms with Crippen LogP contribution in [0.3, 0.4) is 0 Å². The second-order valence-electron chi connectivity index (χ2n) is 4.40. The first-order valence-corrected chi connectivity index (χ1v) is 6.02. The lowest BCUT2D eigenvalue weighted by atomic mass is 10.1. The zero-order valence-electron chi connectivity index (χ0n) is 11.2. The van der Waals surface area contributed by atoms with Crippen LogP contribution in [0.5, 0.6) is 5.75 Å². The highest BCUT2D eigenvalue weighted by Gasteiger charge is 2.14. The molecule has 1 amide bonds. The first kappa shape index (κ1) is 13.9. The zero-order chi connectivity index (χ0) is 14.7. The van der Waals surface area contributed by atoms with Crippen molar-refractivity contribution in [2.45, 2.75) is 6.92 Å². The van der Waals surface area contributed by atoms with Crippen molar-refractivity contribution in [2.75, 3.05) is 18.2 Å². The molecule has 104 valence electrons. The Labute approximate surface area is 116 Å². The highest BCUT2D eigenvalue weighted by Crippen LogP contribution is 2.23. The van der Waals surface area contributed by atoms with Crippen LogP contribution in [0.25, 0.3) is 0 Å². The van der Waals surface area contributed by atoms with Gasteiger partial charge in [-0.1, -0.05) is 11.6 Å². The van der Waals surface area contributed by atoms with Gasteiger partial charge in [0, 0.05) is 5.69 Å². The lowest BCUT2D eigenvalue weighted by Gasteiger charge is -2.11. The number of nitrogens with one attached hydrogen (secondary N) is 1. The summed E-state index contributed by atoms with van der Waals surface area (Å²) in [6.45, 7) is 1.86. The third-order valence-electron chi connectivity index (χ3n) is 2.84. The molecular weight excluding hydrogens is 259 g/mol. The molecule has 0 heterocycles. The second kappa shape index (κ2) is 5.61. The van der Waals surface area contributed by atoms with E-state index >= 15 is 0 Å². The molecular formula is C15H15FN2O2. The molecule has 0 fully saturated rings. The van der Waals surface area contributed by atoms with Gasteiger partial charge < -0.3 is 15.8 Å². The molecule has 5 heteroatoms. The normalized spacial score (nSPS) is 10.2. The van der Waals surface area contributed by atoms with Crippen LogP contribution in [0.15, 0.2) is 36.4 Å². The molecule has 0 spiro atoms. The van der Waals surface area contributed by atoms with Crippen LogP contribution in [0, 0.1) is 12.7 Å². The largest absolute Gasteiger partial charge is 0.496 e. The van der Waals surface area contributed by atoms with Gasteiger partial charge in [0.05, 0.1) is 18.4 Å². The Morgan fingerprint density at radius 1 is 1.25 bits per heavy atom. The van der Waals surface area contributed by atoms with Crippen molar-refractivity contribution in [3.05, 3.63) is 53.3 Å². The number of ether oxygens (including phenoxy) is 1. The van der Waals surface area contributed by atoms with Crippen molar-refractivity contribution >= 4 is 17.3 Å². The Balaban J connectivity index is 2.32. The number of hydrogen-bond acceptors (Lipinski definition) is 3. The fourth-order valence-corrected chi connectivity index (χ4v) is 1.83. The number of halogens is 1. The van der Waals surface area contributed by atoms with Gasteiger partial charge >= 0.3 is 0 Å². The number of nitrogen functional groups attached to an aromatic ring is 1. The van der Waals surface area contributed by atoms with Gasteiger partial charge in [0.2, 0.25) is 0 Å². The first-order valence-electron chi connectivity index (χ1n) is 6.02. The monoisotopic (exact) mass is 274 g/mol. The summed E-state index contributed by atoms with van der Waals surface area (Å²) < 4.78 is 18.7. The summed E-state index contributed by atoms with van der Waals surface area (Å²) in [6, 6.07) is 9.21. The van der Waals surface area contributed by atoms with Gasteiger partial charge in [0.1, 0.15) is 11.6 Å². The molecule has 4 nitrogen and oxygen atoms in total. The van der Waals surface area contributed by atoms with E-state index in [1.807, 2.05) is 13.0 Å². The Hall–Kier alpha value is -2.56. The Kier molecular flexibility index (Phi) is 3.89. The average Bonchev–Trinajstić information content (AvgIpc) is 2.42. The van der Waals surface area contributed by atoms with Crippen molar-refractivity contribution in [3.8, 4) is 5.75 Å². The molecule has 0 aliphatic heterocycles. The molecule has 0 aromatic heterocycles. The van der Waals surface area contributed by atoms with Gasteiger partial charge in [-0.25, -0.2) is 4.39 Å². The van der Waals surface area contributed by atoms with Crippen molar-refractivity contribution in [2.24, 2.45) is 0 Å². The standard InChI is InChI=1S/C15H15FN2O2/c1-9-3-6-14(20-2)11(7-9)15(19)18-13-8-10(17)4-5-12(13)16/h3-8H,17H2,1-2H3,(H,18,19). The summed E-state index contributed by atoms with van der Waals surface area (Å²) in [5.74, 6) is -0.563. The van der Waals surface area contributed by atoms with E-state index in [-0.39, 0.29) is 5.69 Å². The smallest absolute Gasteiger partial charge is 0.259 e. The van der Waals surface area contributed by atoms with Crippen LogP contribution in [0.1, 0.15) is 15.9 Å². The molecule has 0 saturated carbocycles. The zero-order valence-corrected chi connectivity index (χ0v) is 11.2. The number of nitrogens with two attached hydrogens (primary N) is 1. The number of carbonyl (C=O) groups is 1. The molecule has 20 heavy (non-hydrogen) atoms. The Morgan fingerprint density at radius 2 is 2.00 bits per heavy atom. The Bertz CT molecular complexity index is 656. The van der Waals surface area contributed by atoms with Gasteiger partial charge in [-0.3, -0.25) is 4.79 Å². The maximum absolute atomic E-state index is 13.6. The highest BCUT2D eigenvalue weighted by atomic mass is 19.1. The number of carbonyl (C=O) groups excluding carboxylic acids is 1. The molecule has 0 radical (unpaired) electrons. The van der Waals surface area contributed by atoms with Crippen LogP contribution in [-0.4, -0.2) is 13.0 Å². The third kappa shape index (κ3) is 2.88. The van der Waals surface area contributed by atoms with Gasteiger partial charge in [0.15, 0.2) is 0 Å². The SMILES string of the molecule is COc1ccc(C)cc1C(=O)Nc1cc(N)ccc1F. The molecule has 0 aliphatic carbocycles. The maximum Gasteiger partial charge on any atom is 0.259 e.